The van der Waals surface area contributed by atoms with Gasteiger partial charge in [0, 0.05) is 18.0 Å². The van der Waals surface area contributed by atoms with E-state index in [-0.39, 0.29) is 11.3 Å². The Morgan fingerprint density at radius 1 is 1.17 bits per heavy atom. The quantitative estimate of drug-likeness (QED) is 0.726. The molecule has 29 heavy (non-hydrogen) atoms. The fourth-order valence-corrected chi connectivity index (χ4v) is 7.13. The summed E-state index contributed by atoms with van der Waals surface area (Å²) in [5.74, 6) is 3.07. The predicted octanol–water partition coefficient (Wildman–Crippen LogP) is 4.10. The van der Waals surface area contributed by atoms with Crippen LogP contribution in [0.1, 0.15) is 45.4 Å². The molecule has 1 amide bonds. The summed E-state index contributed by atoms with van der Waals surface area (Å²) in [6.07, 6.45) is 9.00. The number of ketones is 1. The Balaban J connectivity index is 1.30. The van der Waals surface area contributed by atoms with Crippen molar-refractivity contribution >= 4 is 29.1 Å². The first-order chi connectivity index (χ1) is 14.0. The minimum Gasteiger partial charge on any atom is -0.326 e. The number of nitrogens with zero attached hydrogens (tertiary/aromatic N) is 3. The number of anilines is 1. The molecule has 1 heterocycles. The Bertz CT molecular complexity index is 919. The number of amides is 1. The van der Waals surface area contributed by atoms with Gasteiger partial charge in [-0.3, -0.25) is 14.2 Å². The Morgan fingerprint density at radius 2 is 1.86 bits per heavy atom. The molecule has 1 aromatic heterocycles. The molecule has 0 radical (unpaired) electrons. The maximum Gasteiger partial charge on any atom is 0.221 e. The van der Waals surface area contributed by atoms with Crippen LogP contribution in [-0.4, -0.2) is 32.2 Å². The molecule has 4 bridgehead atoms. The first-order valence-electron chi connectivity index (χ1n) is 10.4. The molecular formula is C22H26N4O2S. The molecule has 7 heteroatoms. The molecule has 152 valence electrons. The number of carbonyl (C=O) groups is 2. The SMILES string of the molecule is CC(=O)Nc1cccc(-n2cnnc2SCC(=O)C23CC4CC(CC(C4)C2)C3)c1. The molecule has 4 saturated carbocycles. The van der Waals surface area contributed by atoms with Crippen molar-refractivity contribution in [3.8, 4) is 5.69 Å². The first kappa shape index (κ1) is 18.9. The highest BCUT2D eigenvalue weighted by Gasteiger charge is 2.54. The first-order valence-corrected chi connectivity index (χ1v) is 11.4. The standard InChI is InChI=1S/C22H26N4O2S/c1-14(27)24-18-3-2-4-19(8-18)26-13-23-25-21(26)29-12-20(28)22-9-15-5-16(10-22)7-17(6-15)11-22/h2-4,8,13,15-17H,5-7,9-12H2,1H3,(H,24,27). The second kappa shape index (κ2) is 7.27. The van der Waals surface area contributed by atoms with Gasteiger partial charge in [0.25, 0.3) is 0 Å². The molecular weight excluding hydrogens is 384 g/mol. The average Bonchev–Trinajstić information content (AvgIpc) is 3.13. The van der Waals surface area contributed by atoms with Crippen molar-refractivity contribution in [2.24, 2.45) is 23.2 Å². The molecule has 0 aliphatic heterocycles. The van der Waals surface area contributed by atoms with Crippen molar-refractivity contribution in [2.45, 2.75) is 50.6 Å². The number of nitrogens with one attached hydrogen (secondary N) is 1. The van der Waals surface area contributed by atoms with E-state index in [2.05, 4.69) is 15.5 Å². The molecule has 2 aromatic rings. The van der Waals surface area contributed by atoms with E-state index in [1.807, 2.05) is 28.8 Å². The zero-order chi connectivity index (χ0) is 20.0. The average molecular weight is 411 g/mol. The molecule has 6 nitrogen and oxygen atoms in total. The third-order valence-corrected chi connectivity index (χ3v) is 7.87. The molecule has 0 spiro atoms. The normalized spacial score (nSPS) is 29.8. The van der Waals surface area contributed by atoms with E-state index in [1.54, 1.807) is 6.33 Å². The van der Waals surface area contributed by atoms with Gasteiger partial charge in [-0.25, -0.2) is 0 Å². The second-order valence-electron chi connectivity index (χ2n) is 9.12. The molecule has 1 aromatic carbocycles. The number of benzene rings is 1. The number of rotatable bonds is 6. The lowest BCUT2D eigenvalue weighted by Gasteiger charge is -2.56. The summed E-state index contributed by atoms with van der Waals surface area (Å²) in [5.41, 5.74) is 1.52. The van der Waals surface area contributed by atoms with Crippen molar-refractivity contribution in [3.63, 3.8) is 0 Å². The van der Waals surface area contributed by atoms with Gasteiger partial charge in [-0.15, -0.1) is 10.2 Å². The Kier molecular flexibility index (Phi) is 4.73. The maximum absolute atomic E-state index is 13.3. The van der Waals surface area contributed by atoms with Gasteiger partial charge in [0.15, 0.2) is 5.16 Å². The van der Waals surface area contributed by atoms with Crippen LogP contribution in [0.5, 0.6) is 0 Å². The Labute approximate surface area is 174 Å². The summed E-state index contributed by atoms with van der Waals surface area (Å²) in [4.78, 5) is 24.6. The fraction of sp³-hybridized carbons (Fsp3) is 0.545. The highest BCUT2D eigenvalue weighted by atomic mass is 32.2. The van der Waals surface area contributed by atoms with Gasteiger partial charge >= 0.3 is 0 Å². The van der Waals surface area contributed by atoms with Gasteiger partial charge in [-0.05, 0) is 74.5 Å². The summed E-state index contributed by atoms with van der Waals surface area (Å²) >= 11 is 1.48. The number of hydrogen-bond acceptors (Lipinski definition) is 5. The summed E-state index contributed by atoms with van der Waals surface area (Å²) in [6.45, 7) is 1.49. The highest BCUT2D eigenvalue weighted by molar-refractivity contribution is 7.99. The second-order valence-corrected chi connectivity index (χ2v) is 10.1. The topological polar surface area (TPSA) is 76.9 Å². The van der Waals surface area contributed by atoms with Crippen molar-refractivity contribution in [3.05, 3.63) is 30.6 Å². The lowest BCUT2D eigenvalue weighted by atomic mass is 9.48. The monoisotopic (exact) mass is 410 g/mol. The van der Waals surface area contributed by atoms with E-state index in [0.29, 0.717) is 16.7 Å². The fourth-order valence-electron chi connectivity index (χ4n) is 6.17. The van der Waals surface area contributed by atoms with Crippen LogP contribution in [0.3, 0.4) is 0 Å². The minimum atomic E-state index is -0.110. The smallest absolute Gasteiger partial charge is 0.221 e. The molecule has 4 aliphatic rings. The summed E-state index contributed by atoms with van der Waals surface area (Å²) in [6, 6.07) is 7.56. The van der Waals surface area contributed by atoms with Crippen molar-refractivity contribution < 1.29 is 9.59 Å². The zero-order valence-corrected chi connectivity index (χ0v) is 17.5. The molecule has 0 atom stereocenters. The largest absolute Gasteiger partial charge is 0.326 e. The molecule has 0 unspecified atom stereocenters. The number of Topliss-reactive ketones (excluding diaryl/α,β-unsaturated/α-hetero) is 1. The number of aromatic nitrogens is 3. The van der Waals surface area contributed by atoms with Gasteiger partial charge in [0.2, 0.25) is 5.91 Å². The van der Waals surface area contributed by atoms with E-state index < -0.39 is 0 Å². The van der Waals surface area contributed by atoms with Crippen LogP contribution in [0.4, 0.5) is 5.69 Å². The van der Waals surface area contributed by atoms with Crippen LogP contribution in [-0.2, 0) is 9.59 Å². The van der Waals surface area contributed by atoms with Gasteiger partial charge < -0.3 is 5.32 Å². The van der Waals surface area contributed by atoms with E-state index in [0.717, 1.165) is 48.4 Å². The third kappa shape index (κ3) is 3.61. The van der Waals surface area contributed by atoms with Crippen LogP contribution in [0, 0.1) is 23.2 Å². The van der Waals surface area contributed by atoms with Crippen LogP contribution < -0.4 is 5.32 Å². The highest BCUT2D eigenvalue weighted by Crippen LogP contribution is 2.60. The summed E-state index contributed by atoms with van der Waals surface area (Å²) in [7, 11) is 0. The van der Waals surface area contributed by atoms with Crippen LogP contribution in [0.15, 0.2) is 35.7 Å². The molecule has 6 rings (SSSR count). The minimum absolute atomic E-state index is 0.0715. The van der Waals surface area contributed by atoms with E-state index in [9.17, 15) is 9.59 Å². The van der Waals surface area contributed by atoms with Crippen LogP contribution in [0.2, 0.25) is 0 Å². The number of thioether (sulfide) groups is 1. The third-order valence-electron chi connectivity index (χ3n) is 6.92. The van der Waals surface area contributed by atoms with E-state index in [1.165, 1.54) is 37.9 Å². The number of hydrogen-bond donors (Lipinski definition) is 1. The van der Waals surface area contributed by atoms with E-state index >= 15 is 0 Å². The zero-order valence-electron chi connectivity index (χ0n) is 16.6. The lowest BCUT2D eigenvalue weighted by Crippen LogP contribution is -2.50. The molecule has 0 saturated heterocycles. The summed E-state index contributed by atoms with van der Waals surface area (Å²) < 4.78 is 1.88. The molecule has 4 fully saturated rings. The Hall–Kier alpha value is -2.15. The van der Waals surface area contributed by atoms with Gasteiger partial charge in [0.05, 0.1) is 11.4 Å². The van der Waals surface area contributed by atoms with Gasteiger partial charge in [-0.1, -0.05) is 17.8 Å². The Morgan fingerprint density at radius 3 is 2.52 bits per heavy atom. The summed E-state index contributed by atoms with van der Waals surface area (Å²) in [5, 5.41) is 11.8. The van der Waals surface area contributed by atoms with Crippen molar-refractivity contribution in [2.75, 3.05) is 11.1 Å². The van der Waals surface area contributed by atoms with Crippen LogP contribution in [0.25, 0.3) is 5.69 Å². The van der Waals surface area contributed by atoms with E-state index in [4.69, 9.17) is 0 Å². The van der Waals surface area contributed by atoms with Gasteiger partial charge in [0.1, 0.15) is 12.1 Å². The maximum atomic E-state index is 13.3. The molecule has 1 N–H and O–H groups in total. The van der Waals surface area contributed by atoms with Crippen molar-refractivity contribution in [1.29, 1.82) is 0 Å². The van der Waals surface area contributed by atoms with Crippen LogP contribution >= 0.6 is 11.8 Å². The molecule has 4 aliphatic carbocycles. The number of carbonyl (C=O) groups excluding carboxylic acids is 2. The van der Waals surface area contributed by atoms with Gasteiger partial charge in [-0.2, -0.15) is 0 Å². The predicted molar refractivity (Wildman–Crippen MR) is 112 cm³/mol. The lowest BCUT2D eigenvalue weighted by molar-refractivity contribution is -0.141. The van der Waals surface area contributed by atoms with Crippen molar-refractivity contribution in [1.82, 2.24) is 14.8 Å².